The summed E-state index contributed by atoms with van der Waals surface area (Å²) in [5.41, 5.74) is 4.32. The van der Waals surface area contributed by atoms with Crippen molar-refractivity contribution in [1.82, 2.24) is 4.90 Å². The SMILES string of the molecule is O=C(O)CCN1CC2Cc3ccccc3C(c3ccccc3)C2C1. The molecule has 124 valence electrons. The van der Waals surface area contributed by atoms with Crippen LogP contribution in [0, 0.1) is 11.8 Å². The third-order valence-electron chi connectivity index (χ3n) is 5.67. The van der Waals surface area contributed by atoms with Gasteiger partial charge in [-0.1, -0.05) is 54.6 Å². The van der Waals surface area contributed by atoms with Gasteiger partial charge in [-0.2, -0.15) is 0 Å². The van der Waals surface area contributed by atoms with E-state index in [1.807, 2.05) is 0 Å². The summed E-state index contributed by atoms with van der Waals surface area (Å²) in [6.07, 6.45) is 1.36. The van der Waals surface area contributed by atoms with Crippen molar-refractivity contribution in [3.8, 4) is 0 Å². The standard InChI is InChI=1S/C21H23NO2/c23-20(24)10-11-22-13-17-12-16-8-4-5-9-18(16)21(19(17)14-22)15-6-2-1-3-7-15/h1-9,17,19,21H,10-14H2,(H,23,24). The highest BCUT2D eigenvalue weighted by atomic mass is 16.4. The van der Waals surface area contributed by atoms with Crippen molar-refractivity contribution in [3.05, 3.63) is 71.3 Å². The second kappa shape index (κ2) is 6.40. The molecule has 2 aromatic carbocycles. The Morgan fingerprint density at radius 3 is 2.58 bits per heavy atom. The highest BCUT2D eigenvalue weighted by Gasteiger charge is 2.42. The number of likely N-dealkylation sites (tertiary alicyclic amines) is 1. The van der Waals surface area contributed by atoms with E-state index in [1.165, 1.54) is 16.7 Å². The fourth-order valence-corrected chi connectivity index (χ4v) is 4.64. The third-order valence-corrected chi connectivity index (χ3v) is 5.67. The molecule has 0 saturated carbocycles. The lowest BCUT2D eigenvalue weighted by atomic mass is 9.68. The minimum absolute atomic E-state index is 0.238. The second-order valence-electron chi connectivity index (χ2n) is 7.12. The smallest absolute Gasteiger partial charge is 0.304 e. The van der Waals surface area contributed by atoms with Crippen molar-refractivity contribution >= 4 is 5.97 Å². The van der Waals surface area contributed by atoms with Crippen LogP contribution in [0.3, 0.4) is 0 Å². The third kappa shape index (κ3) is 2.84. The van der Waals surface area contributed by atoms with E-state index in [4.69, 9.17) is 5.11 Å². The van der Waals surface area contributed by atoms with Gasteiger partial charge in [0.05, 0.1) is 6.42 Å². The van der Waals surface area contributed by atoms with Gasteiger partial charge in [-0.15, -0.1) is 0 Å². The number of carboxylic acid groups (broad SMARTS) is 1. The van der Waals surface area contributed by atoms with Crippen LogP contribution in [0.4, 0.5) is 0 Å². The van der Waals surface area contributed by atoms with Gasteiger partial charge in [-0.05, 0) is 34.9 Å². The average molecular weight is 321 g/mol. The van der Waals surface area contributed by atoms with Crippen LogP contribution in [0.25, 0.3) is 0 Å². The molecule has 2 aromatic rings. The first-order chi connectivity index (χ1) is 11.7. The summed E-state index contributed by atoms with van der Waals surface area (Å²) in [6.45, 7) is 2.70. The summed E-state index contributed by atoms with van der Waals surface area (Å²) in [4.78, 5) is 13.3. The quantitative estimate of drug-likeness (QED) is 0.938. The summed E-state index contributed by atoms with van der Waals surface area (Å²) in [7, 11) is 0. The predicted molar refractivity (Wildman–Crippen MR) is 94.1 cm³/mol. The molecule has 0 amide bonds. The Labute approximate surface area is 142 Å². The predicted octanol–water partition coefficient (Wildman–Crippen LogP) is 3.40. The molecule has 0 aromatic heterocycles. The first-order valence-electron chi connectivity index (χ1n) is 8.79. The fourth-order valence-electron chi connectivity index (χ4n) is 4.64. The maximum absolute atomic E-state index is 10.9. The van der Waals surface area contributed by atoms with E-state index >= 15 is 0 Å². The molecule has 0 spiro atoms. The van der Waals surface area contributed by atoms with Gasteiger partial charge in [0.15, 0.2) is 0 Å². The molecular weight excluding hydrogens is 298 g/mol. The number of benzene rings is 2. The second-order valence-corrected chi connectivity index (χ2v) is 7.12. The number of rotatable bonds is 4. The first-order valence-corrected chi connectivity index (χ1v) is 8.79. The summed E-state index contributed by atoms with van der Waals surface area (Å²) in [6, 6.07) is 19.6. The number of carbonyl (C=O) groups is 1. The molecule has 0 bridgehead atoms. The number of hydrogen-bond donors (Lipinski definition) is 1. The van der Waals surface area contributed by atoms with Crippen molar-refractivity contribution in [1.29, 1.82) is 0 Å². The van der Waals surface area contributed by atoms with Crippen LogP contribution in [-0.4, -0.2) is 35.6 Å². The van der Waals surface area contributed by atoms with Crippen molar-refractivity contribution in [3.63, 3.8) is 0 Å². The molecule has 3 heteroatoms. The fraction of sp³-hybridized carbons (Fsp3) is 0.381. The van der Waals surface area contributed by atoms with Gasteiger partial charge in [-0.3, -0.25) is 4.79 Å². The minimum Gasteiger partial charge on any atom is -0.481 e. The molecular formula is C21H23NO2. The van der Waals surface area contributed by atoms with Gasteiger partial charge >= 0.3 is 5.97 Å². The van der Waals surface area contributed by atoms with Crippen molar-refractivity contribution < 1.29 is 9.90 Å². The number of hydrogen-bond acceptors (Lipinski definition) is 2. The van der Waals surface area contributed by atoms with Gasteiger partial charge in [0.1, 0.15) is 0 Å². The number of nitrogens with zero attached hydrogens (tertiary/aromatic N) is 1. The molecule has 1 heterocycles. The number of carboxylic acids is 1. The Hall–Kier alpha value is -2.13. The maximum atomic E-state index is 10.9. The number of aliphatic carboxylic acids is 1. The monoisotopic (exact) mass is 321 g/mol. The Balaban J connectivity index is 1.66. The van der Waals surface area contributed by atoms with E-state index in [9.17, 15) is 4.79 Å². The zero-order valence-corrected chi connectivity index (χ0v) is 13.8. The molecule has 3 nitrogen and oxygen atoms in total. The molecule has 2 aliphatic rings. The lowest BCUT2D eigenvalue weighted by Crippen LogP contribution is -2.29. The van der Waals surface area contributed by atoms with Gasteiger partial charge in [-0.25, -0.2) is 0 Å². The van der Waals surface area contributed by atoms with E-state index in [0.717, 1.165) is 19.5 Å². The van der Waals surface area contributed by atoms with Crippen molar-refractivity contribution in [2.75, 3.05) is 19.6 Å². The van der Waals surface area contributed by atoms with Crippen LogP contribution in [0.1, 0.15) is 29.0 Å². The normalized spacial score (nSPS) is 25.9. The first kappa shape index (κ1) is 15.4. The summed E-state index contributed by atoms with van der Waals surface area (Å²) < 4.78 is 0. The van der Waals surface area contributed by atoms with Crippen LogP contribution in [0.2, 0.25) is 0 Å². The molecule has 1 saturated heterocycles. The van der Waals surface area contributed by atoms with E-state index < -0.39 is 5.97 Å². The lowest BCUT2D eigenvalue weighted by Gasteiger charge is -2.35. The summed E-state index contributed by atoms with van der Waals surface area (Å²) in [5.74, 6) is 0.929. The Morgan fingerprint density at radius 2 is 1.79 bits per heavy atom. The topological polar surface area (TPSA) is 40.5 Å². The molecule has 1 fully saturated rings. The van der Waals surface area contributed by atoms with Crippen LogP contribution >= 0.6 is 0 Å². The van der Waals surface area contributed by atoms with E-state index in [1.54, 1.807) is 0 Å². The van der Waals surface area contributed by atoms with Crippen LogP contribution in [0.15, 0.2) is 54.6 Å². The van der Waals surface area contributed by atoms with Gasteiger partial charge < -0.3 is 10.0 Å². The van der Waals surface area contributed by atoms with Gasteiger partial charge in [0.2, 0.25) is 0 Å². The molecule has 1 N–H and O–H groups in total. The zero-order chi connectivity index (χ0) is 16.5. The molecule has 4 rings (SSSR count). The van der Waals surface area contributed by atoms with Gasteiger partial charge in [0.25, 0.3) is 0 Å². The summed E-state index contributed by atoms with van der Waals surface area (Å²) in [5, 5.41) is 8.98. The van der Waals surface area contributed by atoms with Crippen molar-refractivity contribution in [2.45, 2.75) is 18.8 Å². The van der Waals surface area contributed by atoms with Gasteiger partial charge in [0, 0.05) is 25.6 Å². The number of fused-ring (bicyclic) bond motifs is 2. The molecule has 0 radical (unpaired) electrons. The van der Waals surface area contributed by atoms with Crippen LogP contribution in [0.5, 0.6) is 0 Å². The summed E-state index contributed by atoms with van der Waals surface area (Å²) >= 11 is 0. The minimum atomic E-state index is -0.701. The molecule has 24 heavy (non-hydrogen) atoms. The highest BCUT2D eigenvalue weighted by molar-refractivity contribution is 5.66. The van der Waals surface area contributed by atoms with Crippen LogP contribution < -0.4 is 0 Å². The van der Waals surface area contributed by atoms with E-state index in [0.29, 0.717) is 24.3 Å². The molecule has 3 unspecified atom stereocenters. The Kier molecular flexibility index (Phi) is 4.11. The maximum Gasteiger partial charge on any atom is 0.304 e. The largest absolute Gasteiger partial charge is 0.481 e. The molecule has 1 aliphatic heterocycles. The van der Waals surface area contributed by atoms with Crippen LogP contribution in [-0.2, 0) is 11.2 Å². The Bertz CT molecular complexity index is 728. The highest BCUT2D eigenvalue weighted by Crippen LogP contribution is 2.46. The molecule has 1 aliphatic carbocycles. The van der Waals surface area contributed by atoms with Crippen molar-refractivity contribution in [2.24, 2.45) is 11.8 Å². The molecule has 3 atom stereocenters. The van der Waals surface area contributed by atoms with E-state index in [-0.39, 0.29) is 6.42 Å². The Morgan fingerprint density at radius 1 is 1.04 bits per heavy atom. The zero-order valence-electron chi connectivity index (χ0n) is 13.8. The average Bonchev–Trinajstić information content (AvgIpc) is 3.01. The van der Waals surface area contributed by atoms with E-state index in [2.05, 4.69) is 59.5 Å². The lowest BCUT2D eigenvalue weighted by molar-refractivity contribution is -0.137.